The number of carbonyl (C=O) groups is 4. The molecule has 2 unspecified atom stereocenters. The van der Waals surface area contributed by atoms with E-state index >= 15 is 0 Å². The first-order chi connectivity index (χ1) is 13.1. The molecule has 2 saturated heterocycles. The largest absolute Gasteiger partial charge is 0.366 e. The fourth-order valence-corrected chi connectivity index (χ4v) is 4.51. The summed E-state index contributed by atoms with van der Waals surface area (Å²) in [5, 5.41) is 5.03. The molecule has 0 radical (unpaired) electrons. The van der Waals surface area contributed by atoms with E-state index in [1.165, 1.54) is 0 Å². The van der Waals surface area contributed by atoms with Crippen LogP contribution in [0.2, 0.25) is 0 Å². The van der Waals surface area contributed by atoms with Gasteiger partial charge in [0.05, 0.1) is 5.60 Å². The van der Waals surface area contributed by atoms with Crippen LogP contribution in [0, 0.1) is 11.3 Å². The molecule has 28 heavy (non-hydrogen) atoms. The molecule has 0 aromatic carbocycles. The van der Waals surface area contributed by atoms with Crippen molar-refractivity contribution in [3.63, 3.8) is 0 Å². The third-order valence-corrected chi connectivity index (χ3v) is 6.09. The van der Waals surface area contributed by atoms with Gasteiger partial charge in [0.15, 0.2) is 0 Å². The zero-order chi connectivity index (χ0) is 20.5. The number of ether oxygens (including phenoxy) is 1. The van der Waals surface area contributed by atoms with Crippen molar-refractivity contribution in [2.75, 3.05) is 19.7 Å². The maximum Gasteiger partial charge on any atom is 0.249 e. The molecule has 3 rings (SSSR count). The third-order valence-electron chi connectivity index (χ3n) is 6.09. The number of amides is 4. The van der Waals surface area contributed by atoms with E-state index in [4.69, 9.17) is 4.74 Å². The minimum atomic E-state index is -0.628. The molecule has 8 heteroatoms. The van der Waals surface area contributed by atoms with E-state index in [0.29, 0.717) is 25.9 Å². The van der Waals surface area contributed by atoms with Crippen LogP contribution in [0.15, 0.2) is 0 Å². The molecule has 1 spiro atoms. The lowest BCUT2D eigenvalue weighted by molar-refractivity contribution is -0.156. The predicted octanol–water partition coefficient (Wildman–Crippen LogP) is 0.742. The van der Waals surface area contributed by atoms with Crippen LogP contribution in [0.4, 0.5) is 0 Å². The average Bonchev–Trinajstić information content (AvgIpc) is 2.96. The molecule has 2 heterocycles. The predicted molar refractivity (Wildman–Crippen MR) is 101 cm³/mol. The van der Waals surface area contributed by atoms with E-state index in [1.807, 2.05) is 25.7 Å². The molecule has 8 nitrogen and oxygen atoms in total. The highest BCUT2D eigenvalue weighted by Gasteiger charge is 2.53. The maximum absolute atomic E-state index is 12.5. The van der Waals surface area contributed by atoms with Crippen molar-refractivity contribution >= 4 is 23.6 Å². The van der Waals surface area contributed by atoms with Crippen molar-refractivity contribution in [1.29, 1.82) is 0 Å². The molecular formula is C20H31N3O5. The average molecular weight is 393 g/mol. The summed E-state index contributed by atoms with van der Waals surface area (Å²) in [7, 11) is 0. The molecule has 1 saturated carbocycles. The lowest BCUT2D eigenvalue weighted by atomic mass is 9.70. The normalized spacial score (nSPS) is 26.8. The first-order valence-corrected chi connectivity index (χ1v) is 10.1. The lowest BCUT2D eigenvalue weighted by Crippen LogP contribution is -2.61. The highest BCUT2D eigenvalue weighted by molar-refractivity contribution is 6.01. The highest BCUT2D eigenvalue weighted by Crippen LogP contribution is 2.51. The number of carbonyl (C=O) groups excluding carboxylic acids is 4. The van der Waals surface area contributed by atoms with Gasteiger partial charge in [-0.3, -0.25) is 24.5 Å². The number of hydrogen-bond donors (Lipinski definition) is 2. The van der Waals surface area contributed by atoms with Gasteiger partial charge in [-0.25, -0.2) is 0 Å². The minimum absolute atomic E-state index is 0.000745. The Hall–Kier alpha value is -1.96. The van der Waals surface area contributed by atoms with Crippen molar-refractivity contribution < 1.29 is 23.9 Å². The second-order valence-corrected chi connectivity index (χ2v) is 9.38. The smallest absolute Gasteiger partial charge is 0.249 e. The van der Waals surface area contributed by atoms with Crippen molar-refractivity contribution in [3.8, 4) is 0 Å². The summed E-state index contributed by atoms with van der Waals surface area (Å²) in [5.41, 5.74) is -0.332. The van der Waals surface area contributed by atoms with Gasteiger partial charge >= 0.3 is 0 Å². The molecule has 0 bridgehead atoms. The van der Waals surface area contributed by atoms with Gasteiger partial charge in [0.1, 0.15) is 12.6 Å². The first kappa shape index (κ1) is 20.8. The van der Waals surface area contributed by atoms with Gasteiger partial charge in [0, 0.05) is 31.3 Å². The summed E-state index contributed by atoms with van der Waals surface area (Å²) in [6.45, 7) is 7.20. The fraction of sp³-hybridized carbons (Fsp3) is 0.800. The van der Waals surface area contributed by atoms with Crippen LogP contribution in [0.3, 0.4) is 0 Å². The van der Waals surface area contributed by atoms with Crippen molar-refractivity contribution in [1.82, 2.24) is 15.5 Å². The number of rotatable bonds is 5. The van der Waals surface area contributed by atoms with Gasteiger partial charge in [-0.15, -0.1) is 0 Å². The van der Waals surface area contributed by atoms with Crippen molar-refractivity contribution in [2.45, 2.75) is 70.9 Å². The van der Waals surface area contributed by atoms with Crippen LogP contribution in [0.1, 0.15) is 59.3 Å². The van der Waals surface area contributed by atoms with Gasteiger partial charge < -0.3 is 15.0 Å². The number of piperidine rings is 1. The van der Waals surface area contributed by atoms with Crippen LogP contribution < -0.4 is 10.6 Å². The second-order valence-electron chi connectivity index (χ2n) is 9.38. The van der Waals surface area contributed by atoms with Crippen LogP contribution in [0.5, 0.6) is 0 Å². The van der Waals surface area contributed by atoms with E-state index < -0.39 is 11.9 Å². The Balaban J connectivity index is 1.48. The summed E-state index contributed by atoms with van der Waals surface area (Å²) < 4.78 is 5.58. The van der Waals surface area contributed by atoms with Crippen molar-refractivity contribution in [3.05, 3.63) is 0 Å². The van der Waals surface area contributed by atoms with Gasteiger partial charge in [-0.1, -0.05) is 6.42 Å². The van der Waals surface area contributed by atoms with Crippen molar-refractivity contribution in [2.24, 2.45) is 11.3 Å². The number of hydrogen-bond acceptors (Lipinski definition) is 5. The molecule has 1 aliphatic carbocycles. The number of nitrogens with zero attached hydrogens (tertiary/aromatic N) is 1. The monoisotopic (exact) mass is 393 g/mol. The Labute approximate surface area is 165 Å². The standard InChI is InChI=1S/C20H31N3O5/c1-19(2,3)28-10-17(26)23-11-20(12-23)8-4-5-13(20)9-16(25)21-14-6-7-15(24)22-18(14)27/h13-14H,4-12H2,1-3H3,(H,21,25)(H,22,24,27). The molecule has 0 aromatic heterocycles. The summed E-state index contributed by atoms with van der Waals surface area (Å²) in [5.74, 6) is -0.654. The summed E-state index contributed by atoms with van der Waals surface area (Å²) in [4.78, 5) is 49.6. The van der Waals surface area contributed by atoms with Gasteiger partial charge in [0.25, 0.3) is 0 Å². The minimum Gasteiger partial charge on any atom is -0.366 e. The molecule has 2 atom stereocenters. The molecule has 2 aliphatic heterocycles. The SMILES string of the molecule is CC(C)(C)OCC(=O)N1CC2(CCCC2CC(=O)NC2CCC(=O)NC2=O)C1. The number of imide groups is 1. The summed E-state index contributed by atoms with van der Waals surface area (Å²) >= 11 is 0. The van der Waals surface area contributed by atoms with Crippen LogP contribution in [-0.4, -0.2) is 59.9 Å². The van der Waals surface area contributed by atoms with Crippen LogP contribution in [0.25, 0.3) is 0 Å². The Morgan fingerprint density at radius 1 is 1.25 bits per heavy atom. The molecular weight excluding hydrogens is 362 g/mol. The van der Waals surface area contributed by atoms with E-state index in [-0.39, 0.29) is 47.7 Å². The van der Waals surface area contributed by atoms with E-state index in [9.17, 15) is 19.2 Å². The Kier molecular flexibility index (Phi) is 5.79. The Morgan fingerprint density at radius 3 is 2.61 bits per heavy atom. The van der Waals surface area contributed by atoms with Crippen LogP contribution >= 0.6 is 0 Å². The Bertz CT molecular complexity index is 663. The summed E-state index contributed by atoms with van der Waals surface area (Å²) in [6, 6.07) is -0.628. The van der Waals surface area contributed by atoms with E-state index in [2.05, 4.69) is 10.6 Å². The third kappa shape index (κ3) is 4.71. The van der Waals surface area contributed by atoms with Gasteiger partial charge in [-0.2, -0.15) is 0 Å². The highest BCUT2D eigenvalue weighted by atomic mass is 16.5. The number of nitrogens with one attached hydrogen (secondary N) is 2. The van der Waals surface area contributed by atoms with Gasteiger partial charge in [0.2, 0.25) is 23.6 Å². The topological polar surface area (TPSA) is 105 Å². The zero-order valence-corrected chi connectivity index (χ0v) is 17.0. The van der Waals surface area contributed by atoms with Gasteiger partial charge in [-0.05, 0) is 46.0 Å². The molecule has 156 valence electrons. The molecule has 0 aromatic rings. The van der Waals surface area contributed by atoms with E-state index in [0.717, 1.165) is 19.3 Å². The lowest BCUT2D eigenvalue weighted by Gasteiger charge is -2.51. The fourth-order valence-electron chi connectivity index (χ4n) is 4.51. The van der Waals surface area contributed by atoms with E-state index in [1.54, 1.807) is 0 Å². The zero-order valence-electron chi connectivity index (χ0n) is 17.0. The quantitative estimate of drug-likeness (QED) is 0.671. The molecule has 4 amide bonds. The Morgan fingerprint density at radius 2 is 1.96 bits per heavy atom. The molecule has 3 fully saturated rings. The molecule has 2 N–H and O–H groups in total. The first-order valence-electron chi connectivity index (χ1n) is 10.1. The summed E-state index contributed by atoms with van der Waals surface area (Å²) in [6.07, 6.45) is 3.99. The number of likely N-dealkylation sites (tertiary alicyclic amines) is 1. The maximum atomic E-state index is 12.5. The second kappa shape index (κ2) is 7.81. The molecule has 3 aliphatic rings. The van der Waals surface area contributed by atoms with Crippen LogP contribution in [-0.2, 0) is 23.9 Å².